The molecule has 0 spiro atoms. The van der Waals surface area contributed by atoms with E-state index in [0.29, 0.717) is 6.54 Å². The van der Waals surface area contributed by atoms with Crippen molar-refractivity contribution in [1.82, 2.24) is 15.5 Å². The largest absolute Gasteiger partial charge is 0.379 e. The standard InChI is InChI=1S/C17H27N3O2S/c1-17(2,20-7-9-22-10-8-20)12-18-16(21)19-14-4-3-5-15-13(14)6-11-23-15/h6,11,14H,3-5,7-10,12H2,1-2H3,(H2,18,19,21)/t14-/m1/s1. The van der Waals surface area contributed by atoms with Crippen molar-refractivity contribution < 1.29 is 9.53 Å². The highest BCUT2D eigenvalue weighted by Gasteiger charge is 2.29. The van der Waals surface area contributed by atoms with E-state index in [1.165, 1.54) is 10.4 Å². The Morgan fingerprint density at radius 1 is 1.43 bits per heavy atom. The average molecular weight is 337 g/mol. The lowest BCUT2D eigenvalue weighted by molar-refractivity contribution is -0.00877. The van der Waals surface area contributed by atoms with Crippen LogP contribution in [0.15, 0.2) is 11.4 Å². The summed E-state index contributed by atoms with van der Waals surface area (Å²) in [6, 6.07) is 2.26. The Labute approximate surface area is 142 Å². The number of fused-ring (bicyclic) bond motifs is 1. The van der Waals surface area contributed by atoms with Gasteiger partial charge in [0.15, 0.2) is 0 Å². The molecular formula is C17H27N3O2S. The first-order valence-electron chi connectivity index (χ1n) is 8.50. The van der Waals surface area contributed by atoms with E-state index in [2.05, 4.69) is 40.8 Å². The maximum atomic E-state index is 12.3. The van der Waals surface area contributed by atoms with Gasteiger partial charge in [0, 0.05) is 30.1 Å². The third kappa shape index (κ3) is 4.05. The van der Waals surface area contributed by atoms with Crippen LogP contribution in [-0.4, -0.2) is 49.3 Å². The zero-order valence-corrected chi connectivity index (χ0v) is 14.9. The van der Waals surface area contributed by atoms with Crippen LogP contribution in [0.25, 0.3) is 0 Å². The maximum Gasteiger partial charge on any atom is 0.315 e. The van der Waals surface area contributed by atoms with Crippen molar-refractivity contribution in [2.24, 2.45) is 0 Å². The van der Waals surface area contributed by atoms with E-state index < -0.39 is 0 Å². The number of nitrogens with one attached hydrogen (secondary N) is 2. The molecule has 1 aliphatic carbocycles. The third-order valence-corrected chi connectivity index (χ3v) is 5.90. The molecule has 1 aromatic heterocycles. The molecule has 2 heterocycles. The lowest BCUT2D eigenvalue weighted by Crippen LogP contribution is -2.56. The van der Waals surface area contributed by atoms with Crippen molar-refractivity contribution in [2.45, 2.75) is 44.7 Å². The van der Waals surface area contributed by atoms with Crippen LogP contribution in [0, 0.1) is 0 Å². The fourth-order valence-electron chi connectivity index (χ4n) is 3.42. The number of ether oxygens (including phenoxy) is 1. The van der Waals surface area contributed by atoms with Gasteiger partial charge in [-0.3, -0.25) is 4.90 Å². The molecule has 5 nitrogen and oxygen atoms in total. The Hall–Kier alpha value is -1.11. The highest BCUT2D eigenvalue weighted by molar-refractivity contribution is 7.10. The van der Waals surface area contributed by atoms with Gasteiger partial charge >= 0.3 is 6.03 Å². The molecule has 23 heavy (non-hydrogen) atoms. The SMILES string of the molecule is CC(C)(CNC(=O)N[C@@H]1CCCc2sccc21)N1CCOCC1. The molecule has 2 N–H and O–H groups in total. The molecule has 0 saturated carbocycles. The summed E-state index contributed by atoms with van der Waals surface area (Å²) < 4.78 is 5.41. The van der Waals surface area contributed by atoms with Gasteiger partial charge in [0.25, 0.3) is 0 Å². The quantitative estimate of drug-likeness (QED) is 0.888. The van der Waals surface area contributed by atoms with Gasteiger partial charge in [0.1, 0.15) is 0 Å². The molecule has 2 aliphatic rings. The zero-order valence-electron chi connectivity index (χ0n) is 14.1. The number of aryl methyl sites for hydroxylation is 1. The van der Waals surface area contributed by atoms with Gasteiger partial charge in [-0.05, 0) is 50.1 Å². The van der Waals surface area contributed by atoms with E-state index in [1.54, 1.807) is 11.3 Å². The minimum Gasteiger partial charge on any atom is -0.379 e. The molecule has 2 amide bonds. The predicted octanol–water partition coefficient (Wildman–Crippen LogP) is 2.54. The number of nitrogens with zero attached hydrogens (tertiary/aromatic N) is 1. The number of hydrogen-bond acceptors (Lipinski definition) is 4. The monoisotopic (exact) mass is 337 g/mol. The molecule has 1 fully saturated rings. The fraction of sp³-hybridized carbons (Fsp3) is 0.706. The first kappa shape index (κ1) is 16.7. The average Bonchev–Trinajstić information content (AvgIpc) is 3.04. The number of carbonyl (C=O) groups excluding carboxylic acids is 1. The smallest absolute Gasteiger partial charge is 0.315 e. The van der Waals surface area contributed by atoms with Gasteiger partial charge in [-0.2, -0.15) is 0 Å². The van der Waals surface area contributed by atoms with E-state index in [-0.39, 0.29) is 17.6 Å². The van der Waals surface area contributed by atoms with Crippen molar-refractivity contribution in [2.75, 3.05) is 32.8 Å². The van der Waals surface area contributed by atoms with Crippen molar-refractivity contribution >= 4 is 17.4 Å². The fourth-order valence-corrected chi connectivity index (χ4v) is 4.41. The summed E-state index contributed by atoms with van der Waals surface area (Å²) in [7, 11) is 0. The van der Waals surface area contributed by atoms with E-state index in [9.17, 15) is 4.79 Å². The summed E-state index contributed by atoms with van der Waals surface area (Å²) in [4.78, 5) is 16.1. The molecule has 1 saturated heterocycles. The van der Waals surface area contributed by atoms with Crippen molar-refractivity contribution in [3.8, 4) is 0 Å². The molecule has 1 atom stereocenters. The second kappa shape index (κ2) is 7.20. The maximum absolute atomic E-state index is 12.3. The zero-order chi connectivity index (χ0) is 16.3. The number of hydrogen-bond donors (Lipinski definition) is 2. The van der Waals surface area contributed by atoms with Crippen LogP contribution in [0.2, 0.25) is 0 Å². The van der Waals surface area contributed by atoms with Crippen molar-refractivity contribution in [3.63, 3.8) is 0 Å². The molecule has 0 unspecified atom stereocenters. The number of carbonyl (C=O) groups is 1. The lowest BCUT2D eigenvalue weighted by Gasteiger charge is -2.41. The number of urea groups is 1. The first-order valence-corrected chi connectivity index (χ1v) is 9.38. The van der Waals surface area contributed by atoms with Crippen molar-refractivity contribution in [3.05, 3.63) is 21.9 Å². The Balaban J connectivity index is 1.50. The van der Waals surface area contributed by atoms with Gasteiger partial charge in [0.05, 0.1) is 19.3 Å². The summed E-state index contributed by atoms with van der Waals surface area (Å²) in [5, 5.41) is 8.34. The molecule has 3 rings (SSSR count). The Bertz CT molecular complexity index is 538. The second-order valence-corrected chi connectivity index (χ2v) is 7.98. The van der Waals surface area contributed by atoms with E-state index in [4.69, 9.17) is 4.74 Å². The Morgan fingerprint density at radius 2 is 2.22 bits per heavy atom. The number of thiophene rings is 1. The van der Waals surface area contributed by atoms with Crippen LogP contribution in [0.4, 0.5) is 4.79 Å². The van der Waals surface area contributed by atoms with Gasteiger partial charge in [-0.25, -0.2) is 4.79 Å². The molecule has 0 aromatic carbocycles. The van der Waals surface area contributed by atoms with Crippen LogP contribution in [-0.2, 0) is 11.2 Å². The molecule has 128 valence electrons. The molecule has 0 bridgehead atoms. The van der Waals surface area contributed by atoms with Gasteiger partial charge in [-0.15, -0.1) is 11.3 Å². The topological polar surface area (TPSA) is 53.6 Å². The highest BCUT2D eigenvalue weighted by Crippen LogP contribution is 2.33. The number of rotatable bonds is 4. The van der Waals surface area contributed by atoms with E-state index in [1.807, 2.05) is 0 Å². The van der Waals surface area contributed by atoms with E-state index >= 15 is 0 Å². The molecule has 0 radical (unpaired) electrons. The summed E-state index contributed by atoms with van der Waals surface area (Å²) in [6.07, 6.45) is 3.33. The first-order chi connectivity index (χ1) is 11.1. The molecule has 1 aromatic rings. The van der Waals surface area contributed by atoms with Gasteiger partial charge in [-0.1, -0.05) is 0 Å². The molecular weight excluding hydrogens is 310 g/mol. The lowest BCUT2D eigenvalue weighted by atomic mass is 9.94. The summed E-state index contributed by atoms with van der Waals surface area (Å²) >= 11 is 1.80. The summed E-state index contributed by atoms with van der Waals surface area (Å²) in [5.74, 6) is 0. The normalized spacial score (nSPS) is 22.4. The number of morpholine rings is 1. The third-order valence-electron chi connectivity index (χ3n) is 4.91. The van der Waals surface area contributed by atoms with E-state index in [0.717, 1.165) is 45.6 Å². The second-order valence-electron chi connectivity index (χ2n) is 6.98. The number of amides is 2. The summed E-state index contributed by atoms with van der Waals surface area (Å²) in [5.41, 5.74) is 1.25. The van der Waals surface area contributed by atoms with Crippen LogP contribution in [0.1, 0.15) is 43.2 Å². The highest BCUT2D eigenvalue weighted by atomic mass is 32.1. The Morgan fingerprint density at radius 3 is 3.00 bits per heavy atom. The Kier molecular flexibility index (Phi) is 5.24. The van der Waals surface area contributed by atoms with Gasteiger partial charge < -0.3 is 15.4 Å². The van der Waals surface area contributed by atoms with Crippen LogP contribution in [0.5, 0.6) is 0 Å². The minimum atomic E-state index is -0.0598. The van der Waals surface area contributed by atoms with Crippen molar-refractivity contribution in [1.29, 1.82) is 0 Å². The van der Waals surface area contributed by atoms with Crippen LogP contribution >= 0.6 is 11.3 Å². The predicted molar refractivity (Wildman–Crippen MR) is 93.0 cm³/mol. The minimum absolute atomic E-state index is 0.0543. The molecule has 6 heteroatoms. The van der Waals surface area contributed by atoms with Crippen LogP contribution in [0.3, 0.4) is 0 Å². The summed E-state index contributed by atoms with van der Waals surface area (Å²) in [6.45, 7) is 8.40. The van der Waals surface area contributed by atoms with Crippen LogP contribution < -0.4 is 10.6 Å². The molecule has 1 aliphatic heterocycles. The van der Waals surface area contributed by atoms with Gasteiger partial charge in [0.2, 0.25) is 0 Å².